The van der Waals surface area contributed by atoms with Gasteiger partial charge in [-0.3, -0.25) is 9.78 Å². The van der Waals surface area contributed by atoms with E-state index in [-0.39, 0.29) is 0 Å². The van der Waals surface area contributed by atoms with Crippen molar-refractivity contribution >= 4 is 11.6 Å². The smallest absolute Gasteiger partial charge is 0.267 e. The predicted octanol–water partition coefficient (Wildman–Crippen LogP) is 1.32. The quantitative estimate of drug-likeness (QED) is 0.839. The molecule has 1 aromatic heterocycles. The lowest BCUT2D eigenvalue weighted by molar-refractivity contribution is 0.0995. The van der Waals surface area contributed by atoms with Crippen LogP contribution in [0.4, 0.5) is 5.69 Å². The van der Waals surface area contributed by atoms with E-state index >= 15 is 0 Å². The number of hydrogen-bond donors (Lipinski definition) is 2. The van der Waals surface area contributed by atoms with Gasteiger partial charge in [0.2, 0.25) is 0 Å². The molecule has 1 aliphatic rings. The minimum absolute atomic E-state index is 0.303. The highest BCUT2D eigenvalue weighted by Gasteiger charge is 2.14. The van der Waals surface area contributed by atoms with Crippen LogP contribution in [0.1, 0.15) is 30.3 Å². The highest BCUT2D eigenvalue weighted by molar-refractivity contribution is 5.91. The summed E-state index contributed by atoms with van der Waals surface area (Å²) < 4.78 is 0. The maximum Gasteiger partial charge on any atom is 0.267 e. The van der Waals surface area contributed by atoms with E-state index in [0.717, 1.165) is 24.7 Å². The molecule has 0 unspecified atom stereocenters. The van der Waals surface area contributed by atoms with Gasteiger partial charge in [-0.1, -0.05) is 6.92 Å². The molecule has 1 aromatic rings. The molecule has 1 saturated heterocycles. The maximum absolute atomic E-state index is 11.0. The van der Waals surface area contributed by atoms with Crippen LogP contribution >= 0.6 is 0 Å². The molecule has 104 valence electrons. The molecule has 0 aliphatic carbocycles. The molecule has 0 aromatic carbocycles. The number of carbonyl (C=O) groups is 1. The Hall–Kier alpha value is -1.62. The van der Waals surface area contributed by atoms with Gasteiger partial charge in [-0.15, -0.1) is 0 Å². The second-order valence-corrected chi connectivity index (χ2v) is 5.24. The third-order valence-corrected chi connectivity index (χ3v) is 3.65. The molecule has 3 N–H and O–H groups in total. The summed E-state index contributed by atoms with van der Waals surface area (Å²) in [5.74, 6) is 0.371. The van der Waals surface area contributed by atoms with Crippen molar-refractivity contribution in [3.05, 3.63) is 24.0 Å². The number of primary amides is 1. The van der Waals surface area contributed by atoms with Crippen molar-refractivity contribution < 1.29 is 4.79 Å². The largest absolute Gasteiger partial charge is 0.384 e. The van der Waals surface area contributed by atoms with Crippen molar-refractivity contribution in [2.24, 2.45) is 11.7 Å². The van der Waals surface area contributed by atoms with Crippen molar-refractivity contribution in [3.8, 4) is 0 Å². The Morgan fingerprint density at radius 2 is 2.26 bits per heavy atom. The Morgan fingerprint density at radius 3 is 2.95 bits per heavy atom. The first kappa shape index (κ1) is 13.8. The molecule has 5 nitrogen and oxygen atoms in total. The summed E-state index contributed by atoms with van der Waals surface area (Å²) in [4.78, 5) is 17.4. The Morgan fingerprint density at radius 1 is 1.53 bits per heavy atom. The van der Waals surface area contributed by atoms with Crippen LogP contribution in [-0.4, -0.2) is 42.0 Å². The molecule has 0 spiro atoms. The zero-order chi connectivity index (χ0) is 13.7. The lowest BCUT2D eigenvalue weighted by Crippen LogP contribution is -2.36. The number of rotatable bonds is 5. The van der Waals surface area contributed by atoms with Gasteiger partial charge in [0.15, 0.2) is 0 Å². The second-order valence-electron chi connectivity index (χ2n) is 5.24. The minimum atomic E-state index is -0.492. The molecule has 5 heteroatoms. The molecule has 1 fully saturated rings. The second kappa shape index (κ2) is 6.52. The summed E-state index contributed by atoms with van der Waals surface area (Å²) >= 11 is 0. The molecule has 0 saturated carbocycles. The van der Waals surface area contributed by atoms with Gasteiger partial charge in [0, 0.05) is 25.0 Å². The van der Waals surface area contributed by atoms with Gasteiger partial charge in [0.1, 0.15) is 5.69 Å². The number of piperidine rings is 1. The predicted molar refractivity (Wildman–Crippen MR) is 76.1 cm³/mol. The average Bonchev–Trinajstić information content (AvgIpc) is 2.41. The monoisotopic (exact) mass is 262 g/mol. The number of likely N-dealkylation sites (tertiary alicyclic amines) is 1. The third-order valence-electron chi connectivity index (χ3n) is 3.65. The summed E-state index contributed by atoms with van der Waals surface area (Å²) in [5.41, 5.74) is 6.40. The summed E-state index contributed by atoms with van der Waals surface area (Å²) in [6.45, 7) is 6.59. The summed E-state index contributed by atoms with van der Waals surface area (Å²) in [6.07, 6.45) is 4.19. The first-order valence-electron chi connectivity index (χ1n) is 6.87. The van der Waals surface area contributed by atoms with Crippen molar-refractivity contribution in [3.63, 3.8) is 0 Å². The number of aromatic nitrogens is 1. The molecule has 2 rings (SSSR count). The third kappa shape index (κ3) is 4.21. The average molecular weight is 262 g/mol. The van der Waals surface area contributed by atoms with Crippen LogP contribution in [0.2, 0.25) is 0 Å². The van der Waals surface area contributed by atoms with E-state index in [1.54, 1.807) is 12.3 Å². The summed E-state index contributed by atoms with van der Waals surface area (Å²) in [7, 11) is 0. The van der Waals surface area contributed by atoms with Gasteiger partial charge in [0.25, 0.3) is 5.91 Å². The number of pyridine rings is 1. The van der Waals surface area contributed by atoms with E-state index in [1.807, 2.05) is 6.07 Å². The zero-order valence-corrected chi connectivity index (χ0v) is 11.4. The molecule has 19 heavy (non-hydrogen) atoms. The van der Waals surface area contributed by atoms with E-state index in [9.17, 15) is 4.79 Å². The number of hydrogen-bond acceptors (Lipinski definition) is 4. The fraction of sp³-hybridized carbons (Fsp3) is 0.571. The molecule has 0 atom stereocenters. The van der Waals surface area contributed by atoms with E-state index in [0.29, 0.717) is 5.69 Å². The van der Waals surface area contributed by atoms with E-state index in [4.69, 9.17) is 5.73 Å². The molecular formula is C14H22N4O. The first-order valence-corrected chi connectivity index (χ1v) is 6.87. The number of carbonyl (C=O) groups excluding carboxylic acids is 1. The van der Waals surface area contributed by atoms with E-state index in [1.165, 1.54) is 25.9 Å². The highest BCUT2D eigenvalue weighted by atomic mass is 16.1. The van der Waals surface area contributed by atoms with E-state index in [2.05, 4.69) is 22.1 Å². The standard InChI is InChI=1S/C14H22N4O/c1-11-3-7-18(8-4-11)9-6-16-12-2-5-17-13(10-12)14(15)19/h2,5,10-11H,3-4,6-9H2,1H3,(H2,15,19)(H,16,17). The van der Waals surface area contributed by atoms with Gasteiger partial charge in [-0.2, -0.15) is 0 Å². The number of anilines is 1. The fourth-order valence-corrected chi connectivity index (χ4v) is 2.32. The zero-order valence-electron chi connectivity index (χ0n) is 11.4. The SMILES string of the molecule is CC1CCN(CCNc2ccnc(C(N)=O)c2)CC1. The minimum Gasteiger partial charge on any atom is -0.384 e. The lowest BCUT2D eigenvalue weighted by atomic mass is 9.99. The van der Waals surface area contributed by atoms with Crippen molar-refractivity contribution in [2.45, 2.75) is 19.8 Å². The Balaban J connectivity index is 1.76. The Kier molecular flexibility index (Phi) is 4.74. The number of nitrogens with zero attached hydrogens (tertiary/aromatic N) is 2. The number of amides is 1. The van der Waals surface area contributed by atoms with Crippen LogP contribution in [-0.2, 0) is 0 Å². The maximum atomic E-state index is 11.0. The molecule has 1 aliphatic heterocycles. The highest BCUT2D eigenvalue weighted by Crippen LogP contribution is 2.15. The van der Waals surface area contributed by atoms with Gasteiger partial charge in [-0.05, 0) is 44.0 Å². The molecular weight excluding hydrogens is 240 g/mol. The number of nitrogens with one attached hydrogen (secondary N) is 1. The van der Waals surface area contributed by atoms with Crippen LogP contribution in [0.3, 0.4) is 0 Å². The fourth-order valence-electron chi connectivity index (χ4n) is 2.32. The lowest BCUT2D eigenvalue weighted by Gasteiger charge is -2.30. The van der Waals surface area contributed by atoms with Crippen LogP contribution < -0.4 is 11.1 Å². The van der Waals surface area contributed by atoms with Crippen LogP contribution in [0.15, 0.2) is 18.3 Å². The molecule has 0 radical (unpaired) electrons. The first-order chi connectivity index (χ1) is 9.15. The van der Waals surface area contributed by atoms with Crippen LogP contribution in [0.5, 0.6) is 0 Å². The van der Waals surface area contributed by atoms with Crippen molar-refractivity contribution in [1.29, 1.82) is 0 Å². The number of nitrogens with two attached hydrogens (primary N) is 1. The van der Waals surface area contributed by atoms with Crippen molar-refractivity contribution in [2.75, 3.05) is 31.5 Å². The van der Waals surface area contributed by atoms with E-state index < -0.39 is 5.91 Å². The van der Waals surface area contributed by atoms with Crippen molar-refractivity contribution in [1.82, 2.24) is 9.88 Å². The van der Waals surface area contributed by atoms with Gasteiger partial charge >= 0.3 is 0 Å². The van der Waals surface area contributed by atoms with Gasteiger partial charge in [-0.25, -0.2) is 0 Å². The van der Waals surface area contributed by atoms with Crippen LogP contribution in [0, 0.1) is 5.92 Å². The topological polar surface area (TPSA) is 71.2 Å². The summed E-state index contributed by atoms with van der Waals surface area (Å²) in [6, 6.07) is 3.55. The summed E-state index contributed by atoms with van der Waals surface area (Å²) in [5, 5.41) is 3.31. The van der Waals surface area contributed by atoms with Crippen LogP contribution in [0.25, 0.3) is 0 Å². The normalized spacial score (nSPS) is 17.3. The van der Waals surface area contributed by atoms with Gasteiger partial charge < -0.3 is 16.0 Å². The van der Waals surface area contributed by atoms with Gasteiger partial charge in [0.05, 0.1) is 0 Å². The Bertz CT molecular complexity index is 427. The molecule has 1 amide bonds. The molecule has 2 heterocycles. The molecule has 0 bridgehead atoms. The Labute approximate surface area is 114 Å².